The van der Waals surface area contributed by atoms with Gasteiger partial charge in [0.1, 0.15) is 23.9 Å². The molecule has 0 bridgehead atoms. The number of hydrogen-bond donors (Lipinski definition) is 0. The molecule has 0 unspecified atom stereocenters. The van der Waals surface area contributed by atoms with Gasteiger partial charge in [0.15, 0.2) is 0 Å². The maximum absolute atomic E-state index is 13.5. The zero-order chi connectivity index (χ0) is 21.5. The molecule has 0 fully saturated rings. The van der Waals surface area contributed by atoms with Crippen molar-refractivity contribution in [1.82, 2.24) is 0 Å². The van der Waals surface area contributed by atoms with Crippen LogP contribution >= 0.6 is 0 Å². The summed E-state index contributed by atoms with van der Waals surface area (Å²) in [6, 6.07) is 19.1. The van der Waals surface area contributed by atoms with Crippen LogP contribution in [0.5, 0.6) is 11.5 Å². The van der Waals surface area contributed by atoms with Crippen molar-refractivity contribution in [2.24, 2.45) is 0 Å². The minimum absolute atomic E-state index is 0.136. The minimum atomic E-state index is -0.457. The molecule has 0 aliphatic rings. The molecule has 5 heteroatoms. The second-order valence-electron chi connectivity index (χ2n) is 7.02. The molecule has 0 N–H and O–H groups in total. The van der Waals surface area contributed by atoms with Crippen LogP contribution in [0.25, 0.3) is 11.1 Å². The number of benzene rings is 3. The molecule has 0 atom stereocenters. The molecular formula is C25H25FO4. The van der Waals surface area contributed by atoms with Crippen LogP contribution in [-0.4, -0.2) is 18.7 Å². The Morgan fingerprint density at radius 3 is 2.27 bits per heavy atom. The van der Waals surface area contributed by atoms with Crippen molar-refractivity contribution in [3.05, 3.63) is 83.7 Å². The zero-order valence-electron chi connectivity index (χ0n) is 17.4. The van der Waals surface area contributed by atoms with E-state index in [0.29, 0.717) is 29.2 Å². The largest absolute Gasteiger partial charge is 0.490 e. The number of ether oxygens (including phenoxy) is 3. The highest BCUT2D eigenvalue weighted by molar-refractivity contribution is 5.93. The van der Waals surface area contributed by atoms with Gasteiger partial charge in [-0.25, -0.2) is 9.18 Å². The standard InChI is InChI=1S/C25H25FO4/c1-4-28-25(27)20-14-22(29-16-18-8-6-5-7-9-18)24(23(15-20)30-17(2)3)19-10-12-21(26)13-11-19/h5-15,17H,4,16H2,1-3H3. The smallest absolute Gasteiger partial charge is 0.338 e. The fraction of sp³-hybridized carbons (Fsp3) is 0.240. The van der Waals surface area contributed by atoms with Gasteiger partial charge in [0, 0.05) is 0 Å². The third-order valence-electron chi connectivity index (χ3n) is 4.31. The molecular weight excluding hydrogens is 383 g/mol. The normalized spacial score (nSPS) is 10.7. The van der Waals surface area contributed by atoms with Crippen molar-refractivity contribution in [1.29, 1.82) is 0 Å². The predicted molar refractivity (Wildman–Crippen MR) is 114 cm³/mol. The van der Waals surface area contributed by atoms with E-state index < -0.39 is 5.97 Å². The van der Waals surface area contributed by atoms with E-state index in [1.165, 1.54) is 12.1 Å². The van der Waals surface area contributed by atoms with Gasteiger partial charge in [0.2, 0.25) is 0 Å². The average Bonchev–Trinajstić information content (AvgIpc) is 2.73. The number of esters is 1. The minimum Gasteiger partial charge on any atom is -0.490 e. The van der Waals surface area contributed by atoms with E-state index >= 15 is 0 Å². The van der Waals surface area contributed by atoms with Gasteiger partial charge >= 0.3 is 5.97 Å². The molecule has 0 heterocycles. The average molecular weight is 408 g/mol. The second-order valence-corrected chi connectivity index (χ2v) is 7.02. The zero-order valence-corrected chi connectivity index (χ0v) is 17.4. The monoisotopic (exact) mass is 408 g/mol. The summed E-state index contributed by atoms with van der Waals surface area (Å²) >= 11 is 0. The third-order valence-corrected chi connectivity index (χ3v) is 4.31. The molecule has 0 aliphatic heterocycles. The highest BCUT2D eigenvalue weighted by atomic mass is 19.1. The summed E-state index contributed by atoms with van der Waals surface area (Å²) in [5.41, 5.74) is 2.70. The first-order valence-corrected chi connectivity index (χ1v) is 9.92. The SMILES string of the molecule is CCOC(=O)c1cc(OCc2ccccc2)c(-c2ccc(F)cc2)c(OC(C)C)c1. The number of carbonyl (C=O) groups excluding carboxylic acids is 1. The summed E-state index contributed by atoms with van der Waals surface area (Å²) in [5.74, 6) is 0.151. The first-order chi connectivity index (χ1) is 14.5. The van der Waals surface area contributed by atoms with E-state index in [0.717, 1.165) is 11.1 Å². The van der Waals surface area contributed by atoms with Crippen molar-refractivity contribution < 1.29 is 23.4 Å². The molecule has 0 amide bonds. The van der Waals surface area contributed by atoms with Crippen molar-refractivity contribution >= 4 is 5.97 Å². The van der Waals surface area contributed by atoms with Crippen LogP contribution in [0.1, 0.15) is 36.7 Å². The Bertz CT molecular complexity index is 982. The van der Waals surface area contributed by atoms with Gasteiger partial charge < -0.3 is 14.2 Å². The van der Waals surface area contributed by atoms with E-state index in [9.17, 15) is 9.18 Å². The third kappa shape index (κ3) is 5.38. The van der Waals surface area contributed by atoms with Gasteiger partial charge in [0.05, 0.1) is 23.8 Å². The first-order valence-electron chi connectivity index (χ1n) is 9.92. The molecule has 30 heavy (non-hydrogen) atoms. The maximum atomic E-state index is 13.5. The molecule has 0 aliphatic carbocycles. The molecule has 3 rings (SSSR count). The Balaban J connectivity index is 2.11. The summed E-state index contributed by atoms with van der Waals surface area (Å²) in [6.07, 6.45) is -0.136. The molecule has 156 valence electrons. The van der Waals surface area contributed by atoms with E-state index in [-0.39, 0.29) is 18.5 Å². The van der Waals surface area contributed by atoms with Crippen molar-refractivity contribution in [3.63, 3.8) is 0 Å². The van der Waals surface area contributed by atoms with Crippen molar-refractivity contribution in [3.8, 4) is 22.6 Å². The first kappa shape index (κ1) is 21.4. The van der Waals surface area contributed by atoms with Gasteiger partial charge in [-0.3, -0.25) is 0 Å². The quantitative estimate of drug-likeness (QED) is 0.427. The summed E-state index contributed by atoms with van der Waals surface area (Å²) in [4.78, 5) is 12.4. The Hall–Kier alpha value is -3.34. The van der Waals surface area contributed by atoms with Crippen LogP contribution < -0.4 is 9.47 Å². The predicted octanol–water partition coefficient (Wildman–Crippen LogP) is 6.04. The lowest BCUT2D eigenvalue weighted by Crippen LogP contribution is -2.11. The van der Waals surface area contributed by atoms with Crippen LogP contribution in [0.2, 0.25) is 0 Å². The number of halogens is 1. The van der Waals surface area contributed by atoms with E-state index in [2.05, 4.69) is 0 Å². The molecule has 0 spiro atoms. The van der Waals surface area contributed by atoms with E-state index in [1.807, 2.05) is 44.2 Å². The number of hydrogen-bond acceptors (Lipinski definition) is 4. The molecule has 0 aromatic heterocycles. The topological polar surface area (TPSA) is 44.8 Å². The van der Waals surface area contributed by atoms with Crippen LogP contribution in [0.3, 0.4) is 0 Å². The summed E-state index contributed by atoms with van der Waals surface area (Å²) in [7, 11) is 0. The van der Waals surface area contributed by atoms with Gasteiger partial charge in [-0.1, -0.05) is 42.5 Å². The summed E-state index contributed by atoms with van der Waals surface area (Å²) in [5, 5.41) is 0. The van der Waals surface area contributed by atoms with Crippen LogP contribution in [0.4, 0.5) is 4.39 Å². The molecule has 0 radical (unpaired) electrons. The molecule has 3 aromatic rings. The molecule has 3 aromatic carbocycles. The van der Waals surface area contributed by atoms with Crippen LogP contribution in [0, 0.1) is 5.82 Å². The summed E-state index contributed by atoms with van der Waals surface area (Å²) in [6.45, 7) is 6.12. The highest BCUT2D eigenvalue weighted by Crippen LogP contribution is 2.41. The molecule has 0 saturated heterocycles. The second kappa shape index (κ2) is 9.92. The lowest BCUT2D eigenvalue weighted by Gasteiger charge is -2.20. The van der Waals surface area contributed by atoms with Gasteiger partial charge in [-0.15, -0.1) is 0 Å². The van der Waals surface area contributed by atoms with Gasteiger partial charge in [-0.2, -0.15) is 0 Å². The highest BCUT2D eigenvalue weighted by Gasteiger charge is 2.20. The summed E-state index contributed by atoms with van der Waals surface area (Å²) < 4.78 is 30.8. The fourth-order valence-corrected chi connectivity index (χ4v) is 3.02. The van der Waals surface area contributed by atoms with E-state index in [4.69, 9.17) is 14.2 Å². The van der Waals surface area contributed by atoms with Crippen LogP contribution in [-0.2, 0) is 11.3 Å². The maximum Gasteiger partial charge on any atom is 0.338 e. The molecule has 0 saturated carbocycles. The Kier molecular flexibility index (Phi) is 7.07. The van der Waals surface area contributed by atoms with Crippen LogP contribution in [0.15, 0.2) is 66.7 Å². The Morgan fingerprint density at radius 2 is 1.63 bits per heavy atom. The van der Waals surface area contributed by atoms with Gasteiger partial charge in [-0.05, 0) is 56.2 Å². The lowest BCUT2D eigenvalue weighted by atomic mass is 10.0. The molecule has 4 nitrogen and oxygen atoms in total. The van der Waals surface area contributed by atoms with E-state index in [1.54, 1.807) is 31.2 Å². The Labute approximate surface area is 176 Å². The van der Waals surface area contributed by atoms with Gasteiger partial charge in [0.25, 0.3) is 0 Å². The number of rotatable bonds is 8. The van der Waals surface area contributed by atoms with Crippen molar-refractivity contribution in [2.45, 2.75) is 33.5 Å². The fourth-order valence-electron chi connectivity index (χ4n) is 3.02. The lowest BCUT2D eigenvalue weighted by molar-refractivity contribution is 0.0525. The Morgan fingerprint density at radius 1 is 0.967 bits per heavy atom. The van der Waals surface area contributed by atoms with Crippen molar-refractivity contribution in [2.75, 3.05) is 6.61 Å². The number of carbonyl (C=O) groups is 1.